The third-order valence-corrected chi connectivity index (χ3v) is 2.33. The summed E-state index contributed by atoms with van der Waals surface area (Å²) in [7, 11) is 1.64. The van der Waals surface area contributed by atoms with E-state index in [0.717, 1.165) is 21.3 Å². The van der Waals surface area contributed by atoms with Gasteiger partial charge >= 0.3 is 0 Å². The molecule has 2 rings (SSSR count). The van der Waals surface area contributed by atoms with Crippen LogP contribution < -0.4 is 4.74 Å². The van der Waals surface area contributed by atoms with Crippen LogP contribution in [0.15, 0.2) is 22.8 Å². The van der Waals surface area contributed by atoms with Gasteiger partial charge in [-0.2, -0.15) is 5.10 Å². The topological polar surface area (TPSA) is 37.9 Å². The van der Waals surface area contributed by atoms with E-state index in [1.165, 1.54) is 0 Å². The Kier molecular flexibility index (Phi) is 1.77. The largest absolute Gasteiger partial charge is 0.494 e. The van der Waals surface area contributed by atoms with Gasteiger partial charge in [-0.25, -0.2) is 0 Å². The van der Waals surface area contributed by atoms with Crippen LogP contribution in [0.2, 0.25) is 0 Å². The fourth-order valence-corrected chi connectivity index (χ4v) is 1.55. The lowest BCUT2D eigenvalue weighted by atomic mass is 10.2. The van der Waals surface area contributed by atoms with E-state index in [-0.39, 0.29) is 0 Å². The molecule has 0 saturated carbocycles. The molecule has 0 atom stereocenters. The number of fused-ring (bicyclic) bond motifs is 1. The maximum Gasteiger partial charge on any atom is 0.147 e. The molecular weight excluding hydrogens is 220 g/mol. The minimum absolute atomic E-state index is 0.787. The standard InChI is InChI=1S/C8H7BrN2O/c1-12-6-4-2-3-5-7(6)10-11-8(5)9/h2-4H,1H3,(H,10,11). The number of aromatic amines is 1. The van der Waals surface area contributed by atoms with Crippen LogP contribution >= 0.6 is 15.9 Å². The van der Waals surface area contributed by atoms with Gasteiger partial charge in [-0.1, -0.05) is 6.07 Å². The van der Waals surface area contributed by atoms with E-state index in [0.29, 0.717) is 0 Å². The number of para-hydroxylation sites is 1. The first kappa shape index (κ1) is 7.61. The van der Waals surface area contributed by atoms with Crippen LogP contribution in [-0.4, -0.2) is 17.3 Å². The Morgan fingerprint density at radius 1 is 1.50 bits per heavy atom. The summed E-state index contributed by atoms with van der Waals surface area (Å²) < 4.78 is 6.02. The van der Waals surface area contributed by atoms with Crippen molar-refractivity contribution in [1.82, 2.24) is 10.2 Å². The summed E-state index contributed by atoms with van der Waals surface area (Å²) >= 11 is 3.36. The Hall–Kier alpha value is -1.03. The molecule has 0 aliphatic heterocycles. The zero-order valence-corrected chi connectivity index (χ0v) is 8.05. The van der Waals surface area contributed by atoms with Crippen LogP contribution in [-0.2, 0) is 0 Å². The average molecular weight is 227 g/mol. The van der Waals surface area contributed by atoms with E-state index in [4.69, 9.17) is 4.74 Å². The quantitative estimate of drug-likeness (QED) is 0.811. The predicted molar refractivity (Wildman–Crippen MR) is 50.3 cm³/mol. The third-order valence-electron chi connectivity index (χ3n) is 1.72. The summed E-state index contributed by atoms with van der Waals surface area (Å²) in [5, 5.41) is 7.97. The number of nitrogens with one attached hydrogen (secondary N) is 1. The molecule has 1 heterocycles. The van der Waals surface area contributed by atoms with E-state index in [9.17, 15) is 0 Å². The number of halogens is 1. The molecule has 0 aliphatic rings. The van der Waals surface area contributed by atoms with Gasteiger partial charge in [-0.05, 0) is 28.1 Å². The number of hydrogen-bond acceptors (Lipinski definition) is 2. The molecule has 1 N–H and O–H groups in total. The summed E-state index contributed by atoms with van der Waals surface area (Å²) in [4.78, 5) is 0. The second kappa shape index (κ2) is 2.79. The van der Waals surface area contributed by atoms with E-state index in [2.05, 4.69) is 26.1 Å². The normalized spacial score (nSPS) is 10.5. The molecule has 4 heteroatoms. The van der Waals surface area contributed by atoms with Crippen molar-refractivity contribution in [3.8, 4) is 5.75 Å². The van der Waals surface area contributed by atoms with E-state index < -0.39 is 0 Å². The molecule has 0 saturated heterocycles. The molecule has 12 heavy (non-hydrogen) atoms. The molecule has 1 aromatic carbocycles. The minimum atomic E-state index is 0.787. The monoisotopic (exact) mass is 226 g/mol. The van der Waals surface area contributed by atoms with Gasteiger partial charge in [0, 0.05) is 5.39 Å². The molecule has 2 aromatic rings. The molecule has 3 nitrogen and oxygen atoms in total. The fourth-order valence-electron chi connectivity index (χ4n) is 1.14. The van der Waals surface area contributed by atoms with Gasteiger partial charge in [0.2, 0.25) is 0 Å². The number of aromatic nitrogens is 2. The number of methoxy groups -OCH3 is 1. The molecule has 0 bridgehead atoms. The van der Waals surface area contributed by atoms with Crippen LogP contribution in [0.5, 0.6) is 5.75 Å². The van der Waals surface area contributed by atoms with Gasteiger partial charge in [0.05, 0.1) is 7.11 Å². The minimum Gasteiger partial charge on any atom is -0.494 e. The lowest BCUT2D eigenvalue weighted by Gasteiger charge is -1.97. The van der Waals surface area contributed by atoms with Gasteiger partial charge in [-0.15, -0.1) is 0 Å². The highest BCUT2D eigenvalue weighted by Crippen LogP contribution is 2.27. The Morgan fingerprint density at radius 2 is 2.33 bits per heavy atom. The van der Waals surface area contributed by atoms with E-state index in [1.807, 2.05) is 18.2 Å². The number of hydrogen-bond donors (Lipinski definition) is 1. The first-order valence-electron chi connectivity index (χ1n) is 3.49. The van der Waals surface area contributed by atoms with E-state index in [1.54, 1.807) is 7.11 Å². The van der Waals surface area contributed by atoms with Crippen LogP contribution in [0, 0.1) is 0 Å². The second-order valence-electron chi connectivity index (χ2n) is 2.39. The van der Waals surface area contributed by atoms with Crippen molar-refractivity contribution in [3.05, 3.63) is 22.8 Å². The first-order valence-corrected chi connectivity index (χ1v) is 4.29. The van der Waals surface area contributed by atoms with Crippen LogP contribution in [0.25, 0.3) is 10.9 Å². The van der Waals surface area contributed by atoms with Gasteiger partial charge in [0.25, 0.3) is 0 Å². The van der Waals surface area contributed by atoms with Gasteiger partial charge < -0.3 is 4.74 Å². The summed E-state index contributed by atoms with van der Waals surface area (Å²) in [6.45, 7) is 0. The molecule has 0 unspecified atom stereocenters. The SMILES string of the molecule is COc1cccc2c(Br)[nH]nc12. The highest BCUT2D eigenvalue weighted by atomic mass is 79.9. The first-order chi connectivity index (χ1) is 5.83. The number of ether oxygens (including phenoxy) is 1. The van der Waals surface area contributed by atoms with Crippen molar-refractivity contribution < 1.29 is 4.74 Å². The Bertz CT molecular complexity index is 410. The highest BCUT2D eigenvalue weighted by molar-refractivity contribution is 9.10. The van der Waals surface area contributed by atoms with Crippen LogP contribution in [0.4, 0.5) is 0 Å². The summed E-state index contributed by atoms with van der Waals surface area (Å²) in [6, 6.07) is 5.79. The average Bonchev–Trinajstić information content (AvgIpc) is 2.48. The smallest absolute Gasteiger partial charge is 0.147 e. The number of rotatable bonds is 1. The lowest BCUT2D eigenvalue weighted by molar-refractivity contribution is 0.419. The van der Waals surface area contributed by atoms with Crippen molar-refractivity contribution in [2.75, 3.05) is 7.11 Å². The second-order valence-corrected chi connectivity index (χ2v) is 3.19. The van der Waals surface area contributed by atoms with Gasteiger partial charge in [0.15, 0.2) is 0 Å². The molecule has 0 fully saturated rings. The van der Waals surface area contributed by atoms with Gasteiger partial charge in [0.1, 0.15) is 15.9 Å². The molecule has 0 aliphatic carbocycles. The number of benzene rings is 1. The Labute approximate surface area is 77.9 Å². The molecule has 1 aromatic heterocycles. The predicted octanol–water partition coefficient (Wildman–Crippen LogP) is 2.33. The molecule has 0 radical (unpaired) electrons. The zero-order chi connectivity index (χ0) is 8.55. The van der Waals surface area contributed by atoms with E-state index >= 15 is 0 Å². The number of H-pyrrole nitrogens is 1. The summed E-state index contributed by atoms with van der Waals surface area (Å²) in [5.41, 5.74) is 0.854. The fraction of sp³-hybridized carbons (Fsp3) is 0.125. The van der Waals surface area contributed by atoms with Crippen molar-refractivity contribution in [2.45, 2.75) is 0 Å². The highest BCUT2D eigenvalue weighted by Gasteiger charge is 2.05. The molecule has 62 valence electrons. The zero-order valence-electron chi connectivity index (χ0n) is 6.47. The van der Waals surface area contributed by atoms with Crippen LogP contribution in [0.3, 0.4) is 0 Å². The maximum atomic E-state index is 5.14. The van der Waals surface area contributed by atoms with Crippen LogP contribution in [0.1, 0.15) is 0 Å². The van der Waals surface area contributed by atoms with Crippen molar-refractivity contribution >= 4 is 26.8 Å². The summed E-state index contributed by atoms with van der Waals surface area (Å²) in [6.07, 6.45) is 0. The summed E-state index contributed by atoms with van der Waals surface area (Å²) in [5.74, 6) is 0.787. The Morgan fingerprint density at radius 3 is 3.08 bits per heavy atom. The lowest BCUT2D eigenvalue weighted by Crippen LogP contribution is -1.83. The molecular formula is C8H7BrN2O. The van der Waals surface area contributed by atoms with Crippen molar-refractivity contribution in [1.29, 1.82) is 0 Å². The Balaban J connectivity index is 2.81. The molecule has 0 spiro atoms. The van der Waals surface area contributed by atoms with Crippen molar-refractivity contribution in [3.63, 3.8) is 0 Å². The third kappa shape index (κ3) is 0.992. The van der Waals surface area contributed by atoms with Crippen molar-refractivity contribution in [2.24, 2.45) is 0 Å². The maximum absolute atomic E-state index is 5.14. The molecule has 0 amide bonds. The van der Waals surface area contributed by atoms with Gasteiger partial charge in [-0.3, -0.25) is 5.10 Å². The number of nitrogens with zero attached hydrogens (tertiary/aromatic N) is 1.